The lowest BCUT2D eigenvalue weighted by atomic mass is 9.81. The number of alkyl halides is 5. The van der Waals surface area contributed by atoms with Crippen LogP contribution in [0.2, 0.25) is 0 Å². The van der Waals surface area contributed by atoms with Gasteiger partial charge in [0, 0.05) is 35.8 Å². The molecule has 1 aromatic heterocycles. The number of amides is 4. The standard InChI is InChI=1S/C42H49F5N6O9S/c1-37(2,3)62-36(57)49-27-11-9-7-5-6-8-10-23-17-41(23,35(56)53-40(14-15-40)63(53,58)59)50-33(54)29-19-38(20-52(29)34(27)55)18-28(51-21-39(43,44)22-51)30-25-16-24(60-4)12-13-26(25)48-32(31(30)61-38)42(45,46)47/h8,10,12-13,16,23,27-29H,5-7,9,11,14-15,17-22H2,1-4H3,(H,49,57)(H,50,54)/b10-8-/t23-,27+,28-,29+,38-,41-,53?/m1/s1. The molecule has 0 bridgehead atoms. The van der Waals surface area contributed by atoms with Crippen molar-refractivity contribution in [2.24, 2.45) is 5.92 Å². The minimum absolute atomic E-state index is 0.0527. The van der Waals surface area contributed by atoms with Crippen molar-refractivity contribution >= 4 is 44.7 Å². The molecule has 7 aliphatic rings. The Morgan fingerprint density at radius 1 is 1.00 bits per heavy atom. The number of fused-ring (bicyclic) bond motifs is 5. The third kappa shape index (κ3) is 7.43. The predicted octanol–water partition coefficient (Wildman–Crippen LogP) is 5.33. The van der Waals surface area contributed by atoms with Crippen molar-refractivity contribution < 1.29 is 63.8 Å². The maximum atomic E-state index is 15.1. The second-order valence-corrected chi connectivity index (χ2v) is 21.2. The largest absolute Gasteiger partial charge is 0.497 e. The monoisotopic (exact) mass is 908 g/mol. The summed E-state index contributed by atoms with van der Waals surface area (Å²) in [5.74, 6) is -6.74. The van der Waals surface area contributed by atoms with Gasteiger partial charge in [0.1, 0.15) is 34.6 Å². The van der Waals surface area contributed by atoms with Gasteiger partial charge in [0.05, 0.1) is 32.3 Å². The van der Waals surface area contributed by atoms with Gasteiger partial charge >= 0.3 is 12.3 Å². The number of sulfonamides is 1. The summed E-state index contributed by atoms with van der Waals surface area (Å²) < 4.78 is 119. The molecule has 2 saturated carbocycles. The lowest BCUT2D eigenvalue weighted by molar-refractivity contribution is -0.161. The van der Waals surface area contributed by atoms with E-state index in [9.17, 15) is 36.4 Å². The molecule has 2 spiro atoms. The molecule has 2 N–H and O–H groups in total. The summed E-state index contributed by atoms with van der Waals surface area (Å²) in [6.07, 6.45) is -0.229. The Bertz CT molecular complexity index is 2430. The molecular formula is C42H49F5N6O9S. The number of ether oxygens (including phenoxy) is 3. The first-order valence-corrected chi connectivity index (χ1v) is 22.7. The molecule has 1 aromatic carbocycles. The van der Waals surface area contributed by atoms with Gasteiger partial charge in [-0.2, -0.15) is 13.2 Å². The van der Waals surface area contributed by atoms with Crippen LogP contribution in [0.1, 0.15) is 102 Å². The number of halogens is 5. The van der Waals surface area contributed by atoms with Crippen LogP contribution in [0, 0.1) is 5.92 Å². The first-order chi connectivity index (χ1) is 29.4. The second-order valence-electron chi connectivity index (χ2n) is 19.1. The number of benzene rings is 1. The number of rotatable bonds is 4. The van der Waals surface area contributed by atoms with Crippen LogP contribution in [0.5, 0.6) is 11.5 Å². The van der Waals surface area contributed by atoms with Crippen LogP contribution in [0.4, 0.5) is 26.7 Å². The van der Waals surface area contributed by atoms with Crippen LogP contribution in [0.25, 0.3) is 10.9 Å². The number of hydrogen-bond acceptors (Lipinski definition) is 11. The fraction of sp³-hybridized carbons (Fsp3) is 0.643. The minimum Gasteiger partial charge on any atom is -0.497 e. The van der Waals surface area contributed by atoms with E-state index >= 15 is 13.2 Å². The van der Waals surface area contributed by atoms with E-state index in [4.69, 9.17) is 14.2 Å². The van der Waals surface area contributed by atoms with Crippen molar-refractivity contribution in [1.29, 1.82) is 0 Å². The number of carbonyl (C=O) groups is 4. The molecule has 0 radical (unpaired) electrons. The summed E-state index contributed by atoms with van der Waals surface area (Å²) in [4.78, 5) is 62.4. The van der Waals surface area contributed by atoms with E-state index in [2.05, 4.69) is 15.6 Å². The SMILES string of the molecule is COc1ccc2nc(C(F)(F)F)c3c(c2c1)[C@H](N1CC(F)(F)C1)C[C@]1(C[C@H]2C(=O)N[C@]4(C(=O)N5C6(CC6)S5(=O)=O)C[C@H]4/C=C\CCCCC[C@H](NC(=O)OC(C)(C)C)C(=O)N2C1)O3. The zero-order valence-electron chi connectivity index (χ0n) is 35.1. The van der Waals surface area contributed by atoms with Crippen LogP contribution < -0.4 is 20.1 Å². The van der Waals surface area contributed by atoms with Gasteiger partial charge in [0.25, 0.3) is 21.9 Å². The molecule has 2 aromatic rings. The quantitative estimate of drug-likeness (QED) is 0.231. The summed E-state index contributed by atoms with van der Waals surface area (Å²) in [7, 11) is -2.56. The summed E-state index contributed by atoms with van der Waals surface area (Å²) in [5.41, 5.74) is -6.08. The smallest absolute Gasteiger partial charge is 0.437 e. The molecule has 6 heterocycles. The highest BCUT2D eigenvalue weighted by molar-refractivity contribution is 7.98. The van der Waals surface area contributed by atoms with Crippen molar-refractivity contribution in [1.82, 2.24) is 29.7 Å². The molecule has 9 rings (SSSR count). The zero-order valence-corrected chi connectivity index (χ0v) is 36.0. The van der Waals surface area contributed by atoms with Crippen LogP contribution in [-0.4, -0.2) is 118 Å². The Morgan fingerprint density at radius 2 is 1.71 bits per heavy atom. The zero-order chi connectivity index (χ0) is 45.3. The van der Waals surface area contributed by atoms with Gasteiger partial charge < -0.3 is 29.7 Å². The fourth-order valence-corrected chi connectivity index (χ4v) is 12.1. The third-order valence-corrected chi connectivity index (χ3v) is 15.7. The molecule has 4 amide bonds. The maximum Gasteiger partial charge on any atom is 0.437 e. The maximum absolute atomic E-state index is 15.1. The van der Waals surface area contributed by atoms with Gasteiger partial charge in [0.2, 0.25) is 11.8 Å². The number of likely N-dealkylation sites (tertiary alicyclic amines) is 1. The third-order valence-electron chi connectivity index (χ3n) is 13.4. The van der Waals surface area contributed by atoms with Crippen molar-refractivity contribution in [2.75, 3.05) is 26.7 Å². The number of nitrogens with one attached hydrogen (secondary N) is 2. The number of nitrogens with zero attached hydrogens (tertiary/aromatic N) is 4. The molecule has 15 nitrogen and oxygen atoms in total. The van der Waals surface area contributed by atoms with E-state index in [1.165, 1.54) is 30.2 Å². The van der Waals surface area contributed by atoms with Crippen LogP contribution >= 0.6 is 0 Å². The summed E-state index contributed by atoms with van der Waals surface area (Å²) >= 11 is 0. The number of pyridine rings is 1. The average Bonchev–Trinajstić information content (AvgIpc) is 4.13. The highest BCUT2D eigenvalue weighted by atomic mass is 32.2. The molecule has 6 atom stereocenters. The molecule has 0 unspecified atom stereocenters. The lowest BCUT2D eigenvalue weighted by Crippen LogP contribution is -2.60. The second kappa shape index (κ2) is 14.4. The molecule has 3 saturated heterocycles. The van der Waals surface area contributed by atoms with Crippen molar-refractivity contribution in [3.05, 3.63) is 41.6 Å². The van der Waals surface area contributed by atoms with Gasteiger partial charge in [-0.3, -0.25) is 19.3 Å². The first kappa shape index (κ1) is 43.5. The van der Waals surface area contributed by atoms with Gasteiger partial charge in [0.15, 0.2) is 16.3 Å². The van der Waals surface area contributed by atoms with Crippen LogP contribution in [0.15, 0.2) is 30.4 Å². The number of allylic oxidation sites excluding steroid dienone is 1. The van der Waals surface area contributed by atoms with Gasteiger partial charge in [-0.1, -0.05) is 25.0 Å². The Morgan fingerprint density at radius 3 is 2.35 bits per heavy atom. The number of methoxy groups -OCH3 is 1. The average molecular weight is 909 g/mol. The first-order valence-electron chi connectivity index (χ1n) is 21.2. The Kier molecular flexibility index (Phi) is 9.90. The van der Waals surface area contributed by atoms with E-state index in [-0.39, 0.29) is 54.3 Å². The Labute approximate surface area is 360 Å². The lowest BCUT2D eigenvalue weighted by Gasteiger charge is -2.50. The van der Waals surface area contributed by atoms with Crippen LogP contribution in [0.3, 0.4) is 0 Å². The van der Waals surface area contributed by atoms with Gasteiger partial charge in [-0.25, -0.2) is 31.3 Å². The number of alkyl carbamates (subject to hydrolysis) is 1. The van der Waals surface area contributed by atoms with Crippen molar-refractivity contribution in [2.45, 2.75) is 137 Å². The predicted molar refractivity (Wildman–Crippen MR) is 213 cm³/mol. The summed E-state index contributed by atoms with van der Waals surface area (Å²) in [6, 6.07) is 0.199. The van der Waals surface area contributed by atoms with E-state index < -0.39 is 129 Å². The van der Waals surface area contributed by atoms with E-state index in [0.717, 1.165) is 9.21 Å². The van der Waals surface area contributed by atoms with Gasteiger partial charge in [-0.15, -0.1) is 0 Å². The van der Waals surface area contributed by atoms with Crippen LogP contribution in [-0.2, 0) is 35.3 Å². The molecule has 342 valence electrons. The number of aromatic nitrogens is 1. The normalized spacial score (nSPS) is 32.5. The highest BCUT2D eigenvalue weighted by Gasteiger charge is 2.83. The van der Waals surface area contributed by atoms with Gasteiger partial charge in [-0.05, 0) is 77.5 Å². The molecule has 2 aliphatic carbocycles. The number of hydrogen-bond donors (Lipinski definition) is 2. The Balaban J connectivity index is 1.15. The Hall–Kier alpha value is -4.79. The van der Waals surface area contributed by atoms with E-state index in [1.807, 2.05) is 6.08 Å². The molecule has 63 heavy (non-hydrogen) atoms. The van der Waals surface area contributed by atoms with Crippen molar-refractivity contribution in [3.8, 4) is 11.5 Å². The summed E-state index contributed by atoms with van der Waals surface area (Å²) in [6.45, 7) is 2.77. The summed E-state index contributed by atoms with van der Waals surface area (Å²) in [5, 5.41) is 5.60. The molecule has 21 heteroatoms. The van der Waals surface area contributed by atoms with E-state index in [0.29, 0.717) is 25.7 Å². The minimum atomic E-state index is -5.11. The van der Waals surface area contributed by atoms with Crippen molar-refractivity contribution in [3.63, 3.8) is 0 Å². The molecule has 5 fully saturated rings. The fourth-order valence-electron chi connectivity index (χ4n) is 10.0. The topological polar surface area (TPSA) is 177 Å². The molecular weight excluding hydrogens is 860 g/mol. The highest BCUT2D eigenvalue weighted by Crippen LogP contribution is 2.65. The number of carbonyl (C=O) groups excluding carboxylic acids is 4. The van der Waals surface area contributed by atoms with E-state index in [1.54, 1.807) is 26.8 Å². The molecule has 5 aliphatic heterocycles.